The van der Waals surface area contributed by atoms with Crippen molar-refractivity contribution in [2.45, 2.75) is 32.9 Å². The molecule has 122 valence electrons. The lowest BCUT2D eigenvalue weighted by Crippen LogP contribution is -2.32. The smallest absolute Gasteiger partial charge is 0.292 e. The second kappa shape index (κ2) is 7.47. The van der Waals surface area contributed by atoms with Crippen LogP contribution >= 0.6 is 0 Å². The number of aromatic nitrogens is 1. The number of nitrogens with one attached hydrogen (secondary N) is 1. The van der Waals surface area contributed by atoms with Crippen LogP contribution in [0.4, 0.5) is 0 Å². The lowest BCUT2D eigenvalue weighted by Gasteiger charge is -2.23. The number of rotatable bonds is 5. The van der Waals surface area contributed by atoms with Gasteiger partial charge in [0.15, 0.2) is 5.75 Å². The number of hydrogen-bond donors (Lipinski definition) is 1. The van der Waals surface area contributed by atoms with Gasteiger partial charge in [-0.05, 0) is 62.0 Å². The lowest BCUT2D eigenvalue weighted by atomic mass is 9.98. The van der Waals surface area contributed by atoms with Gasteiger partial charge >= 0.3 is 0 Å². The van der Waals surface area contributed by atoms with Gasteiger partial charge in [0.1, 0.15) is 6.61 Å². The van der Waals surface area contributed by atoms with Crippen LogP contribution in [0, 0.1) is 12.8 Å². The molecule has 1 fully saturated rings. The van der Waals surface area contributed by atoms with E-state index in [0.717, 1.165) is 38.0 Å². The summed E-state index contributed by atoms with van der Waals surface area (Å²) in [4.78, 5) is 12.6. The Morgan fingerprint density at radius 3 is 2.74 bits per heavy atom. The largest absolute Gasteiger partial charge is 0.483 e. The lowest BCUT2D eigenvalue weighted by molar-refractivity contribution is 0.291. The molecular formula is C19H24N2O2. The minimum atomic E-state index is -0.0281. The number of benzene rings is 1. The highest BCUT2D eigenvalue weighted by atomic mass is 16.5. The van der Waals surface area contributed by atoms with Crippen LogP contribution in [-0.4, -0.2) is 17.7 Å². The first kappa shape index (κ1) is 15.8. The quantitative estimate of drug-likeness (QED) is 0.923. The molecule has 0 saturated carbocycles. The van der Waals surface area contributed by atoms with Crippen molar-refractivity contribution >= 4 is 0 Å². The summed E-state index contributed by atoms with van der Waals surface area (Å²) in [6.45, 7) is 5.35. The van der Waals surface area contributed by atoms with Crippen molar-refractivity contribution in [1.82, 2.24) is 9.88 Å². The molecule has 0 spiro atoms. The van der Waals surface area contributed by atoms with E-state index in [1.165, 1.54) is 5.56 Å². The molecule has 2 heterocycles. The molecule has 1 aromatic heterocycles. The van der Waals surface area contributed by atoms with Crippen LogP contribution < -0.4 is 15.6 Å². The number of pyridine rings is 1. The standard InChI is InChI=1S/C19H24N2O2/c1-15-5-2-3-6-17(15)14-23-18-7-4-12-21(19(18)22)13-16-8-10-20-11-9-16/h2-7,12,16,20H,8-11,13-14H2,1H3. The van der Waals surface area contributed by atoms with Crippen molar-refractivity contribution in [3.63, 3.8) is 0 Å². The van der Waals surface area contributed by atoms with Gasteiger partial charge in [-0.2, -0.15) is 0 Å². The molecule has 1 saturated heterocycles. The van der Waals surface area contributed by atoms with Crippen molar-refractivity contribution in [3.8, 4) is 5.75 Å². The van der Waals surface area contributed by atoms with Crippen molar-refractivity contribution in [2.75, 3.05) is 13.1 Å². The van der Waals surface area contributed by atoms with Crippen LogP contribution in [0.3, 0.4) is 0 Å². The van der Waals surface area contributed by atoms with E-state index in [1.54, 1.807) is 10.6 Å². The predicted molar refractivity (Wildman–Crippen MR) is 91.8 cm³/mol. The fourth-order valence-corrected chi connectivity index (χ4v) is 3.04. The van der Waals surface area contributed by atoms with E-state index in [0.29, 0.717) is 18.3 Å². The van der Waals surface area contributed by atoms with E-state index in [-0.39, 0.29) is 5.56 Å². The molecule has 1 aliphatic rings. The highest BCUT2D eigenvalue weighted by Crippen LogP contribution is 2.15. The summed E-state index contributed by atoms with van der Waals surface area (Å²) in [5.74, 6) is 1.00. The van der Waals surface area contributed by atoms with Gasteiger partial charge in [-0.25, -0.2) is 0 Å². The molecule has 3 rings (SSSR count). The van der Waals surface area contributed by atoms with Crippen molar-refractivity contribution < 1.29 is 4.74 Å². The van der Waals surface area contributed by atoms with Gasteiger partial charge in [-0.3, -0.25) is 4.79 Å². The Kier molecular flexibility index (Phi) is 5.13. The average molecular weight is 312 g/mol. The minimum Gasteiger partial charge on any atom is -0.483 e. The summed E-state index contributed by atoms with van der Waals surface area (Å²) in [7, 11) is 0. The highest BCUT2D eigenvalue weighted by Gasteiger charge is 2.15. The molecule has 4 heteroatoms. The molecule has 2 aromatic rings. The molecule has 0 unspecified atom stereocenters. The molecular weight excluding hydrogens is 288 g/mol. The number of piperidine rings is 1. The zero-order valence-electron chi connectivity index (χ0n) is 13.6. The predicted octanol–water partition coefficient (Wildman–Crippen LogP) is 2.74. The topological polar surface area (TPSA) is 43.3 Å². The first-order chi connectivity index (χ1) is 11.2. The molecule has 0 amide bonds. The highest BCUT2D eigenvalue weighted by molar-refractivity contribution is 5.26. The molecule has 0 bridgehead atoms. The number of nitrogens with zero attached hydrogens (tertiary/aromatic N) is 1. The maximum atomic E-state index is 12.6. The summed E-state index contributed by atoms with van der Waals surface area (Å²) in [5, 5.41) is 3.36. The van der Waals surface area contributed by atoms with Crippen LogP contribution in [0.5, 0.6) is 5.75 Å². The Labute approximate surface area is 137 Å². The molecule has 0 aliphatic carbocycles. The van der Waals surface area contributed by atoms with Crippen molar-refractivity contribution in [3.05, 3.63) is 64.1 Å². The molecule has 1 aromatic carbocycles. The van der Waals surface area contributed by atoms with Gasteiger partial charge in [0.05, 0.1) is 0 Å². The van der Waals surface area contributed by atoms with E-state index in [2.05, 4.69) is 18.3 Å². The Hall–Kier alpha value is -2.07. The zero-order chi connectivity index (χ0) is 16.1. The average Bonchev–Trinajstić information content (AvgIpc) is 2.58. The number of hydrogen-bond acceptors (Lipinski definition) is 3. The molecule has 0 atom stereocenters. The fraction of sp³-hybridized carbons (Fsp3) is 0.421. The summed E-state index contributed by atoms with van der Waals surface area (Å²) in [6, 6.07) is 11.7. The zero-order valence-corrected chi connectivity index (χ0v) is 13.6. The Morgan fingerprint density at radius 2 is 1.96 bits per heavy atom. The van der Waals surface area contributed by atoms with Gasteiger partial charge in [0, 0.05) is 12.7 Å². The maximum absolute atomic E-state index is 12.6. The summed E-state index contributed by atoms with van der Waals surface area (Å²) in [5.41, 5.74) is 2.26. The van der Waals surface area contributed by atoms with E-state index in [4.69, 9.17) is 4.74 Å². The maximum Gasteiger partial charge on any atom is 0.292 e. The Balaban J connectivity index is 1.69. The van der Waals surface area contributed by atoms with Crippen LogP contribution in [0.1, 0.15) is 24.0 Å². The monoisotopic (exact) mass is 312 g/mol. The molecule has 1 aliphatic heterocycles. The van der Waals surface area contributed by atoms with Gasteiger partial charge in [0.25, 0.3) is 5.56 Å². The summed E-state index contributed by atoms with van der Waals surface area (Å²) in [6.07, 6.45) is 4.12. The SMILES string of the molecule is Cc1ccccc1COc1cccn(CC2CCNCC2)c1=O. The van der Waals surface area contributed by atoms with E-state index in [1.807, 2.05) is 30.5 Å². The van der Waals surface area contributed by atoms with E-state index < -0.39 is 0 Å². The second-order valence-corrected chi connectivity index (χ2v) is 6.24. The van der Waals surface area contributed by atoms with Gasteiger partial charge < -0.3 is 14.6 Å². The minimum absolute atomic E-state index is 0.0281. The van der Waals surface area contributed by atoms with Gasteiger partial charge in [-0.1, -0.05) is 24.3 Å². The molecule has 1 N–H and O–H groups in total. The second-order valence-electron chi connectivity index (χ2n) is 6.24. The third-order valence-corrected chi connectivity index (χ3v) is 4.54. The van der Waals surface area contributed by atoms with Crippen LogP contribution in [0.25, 0.3) is 0 Å². The normalized spacial score (nSPS) is 15.5. The first-order valence-corrected chi connectivity index (χ1v) is 8.31. The first-order valence-electron chi connectivity index (χ1n) is 8.31. The van der Waals surface area contributed by atoms with Crippen LogP contribution in [-0.2, 0) is 13.2 Å². The Bertz CT molecular complexity index is 703. The van der Waals surface area contributed by atoms with Gasteiger partial charge in [0.2, 0.25) is 0 Å². The number of aryl methyl sites for hydroxylation is 1. The fourth-order valence-electron chi connectivity index (χ4n) is 3.04. The van der Waals surface area contributed by atoms with E-state index in [9.17, 15) is 4.79 Å². The summed E-state index contributed by atoms with van der Waals surface area (Å²) < 4.78 is 7.58. The molecule has 4 nitrogen and oxygen atoms in total. The molecule has 0 radical (unpaired) electrons. The van der Waals surface area contributed by atoms with Crippen molar-refractivity contribution in [2.24, 2.45) is 5.92 Å². The van der Waals surface area contributed by atoms with Gasteiger partial charge in [-0.15, -0.1) is 0 Å². The number of ether oxygens (including phenoxy) is 1. The third kappa shape index (κ3) is 4.02. The van der Waals surface area contributed by atoms with Crippen LogP contribution in [0.15, 0.2) is 47.4 Å². The summed E-state index contributed by atoms with van der Waals surface area (Å²) >= 11 is 0. The third-order valence-electron chi connectivity index (χ3n) is 4.54. The Morgan fingerprint density at radius 1 is 1.17 bits per heavy atom. The molecule has 23 heavy (non-hydrogen) atoms. The van der Waals surface area contributed by atoms with E-state index >= 15 is 0 Å². The van der Waals surface area contributed by atoms with Crippen molar-refractivity contribution in [1.29, 1.82) is 0 Å². The van der Waals surface area contributed by atoms with Crippen LogP contribution in [0.2, 0.25) is 0 Å².